The van der Waals surface area contributed by atoms with Crippen molar-refractivity contribution in [1.82, 2.24) is 0 Å². The van der Waals surface area contributed by atoms with E-state index < -0.39 is 10.2 Å². The first-order chi connectivity index (χ1) is 7.98. The maximum absolute atomic E-state index is 13.2. The molecule has 0 aromatic heterocycles. The molecule has 0 aliphatic carbocycles. The van der Waals surface area contributed by atoms with Crippen LogP contribution >= 0.6 is 0 Å². The lowest BCUT2D eigenvalue weighted by atomic mass is 10.0. The largest absolute Gasteiger partial charge is 0.332 e. The van der Waals surface area contributed by atoms with E-state index in [0.29, 0.717) is 16.7 Å². The molecule has 0 spiro atoms. The van der Waals surface area contributed by atoms with E-state index in [1.807, 2.05) is 6.07 Å². The Morgan fingerprint density at radius 1 is 1.00 bits per heavy atom. The molecule has 0 heterocycles. The Kier molecular flexibility index (Phi) is 2.98. The van der Waals surface area contributed by atoms with Crippen molar-refractivity contribution in [2.24, 2.45) is 0 Å². The van der Waals surface area contributed by atoms with Gasteiger partial charge >= 0.3 is 10.2 Å². The highest BCUT2D eigenvalue weighted by atomic mass is 32.3. The summed E-state index contributed by atoms with van der Waals surface area (Å²) in [6.07, 6.45) is 0. The SMILES string of the molecule is Cc1ccc(-c2ccccc2)c(S(=O)(=O)F)c1. The number of rotatable bonds is 2. The van der Waals surface area contributed by atoms with Crippen LogP contribution < -0.4 is 0 Å². The molecular weight excluding hydrogens is 239 g/mol. The Bertz CT molecular complexity index is 634. The van der Waals surface area contributed by atoms with Crippen LogP contribution in [0.1, 0.15) is 5.56 Å². The second-order valence-corrected chi connectivity index (χ2v) is 5.12. The number of hydrogen-bond acceptors (Lipinski definition) is 2. The van der Waals surface area contributed by atoms with E-state index in [1.54, 1.807) is 43.3 Å². The van der Waals surface area contributed by atoms with Gasteiger partial charge in [0.25, 0.3) is 0 Å². The average Bonchev–Trinajstić information content (AvgIpc) is 2.29. The van der Waals surface area contributed by atoms with Gasteiger partial charge < -0.3 is 0 Å². The van der Waals surface area contributed by atoms with Crippen molar-refractivity contribution in [3.63, 3.8) is 0 Å². The Balaban J connectivity index is 2.71. The van der Waals surface area contributed by atoms with Crippen molar-refractivity contribution in [3.8, 4) is 11.1 Å². The first kappa shape index (κ1) is 11.8. The monoisotopic (exact) mass is 250 g/mol. The summed E-state index contributed by atoms with van der Waals surface area (Å²) in [6.45, 7) is 1.73. The number of halogens is 1. The second-order valence-electron chi connectivity index (χ2n) is 3.80. The lowest BCUT2D eigenvalue weighted by molar-refractivity contribution is 0.552. The lowest BCUT2D eigenvalue weighted by Crippen LogP contribution is -1.96. The van der Waals surface area contributed by atoms with E-state index >= 15 is 0 Å². The zero-order chi connectivity index (χ0) is 12.5. The van der Waals surface area contributed by atoms with E-state index in [1.165, 1.54) is 6.07 Å². The highest BCUT2D eigenvalue weighted by Gasteiger charge is 2.18. The van der Waals surface area contributed by atoms with Gasteiger partial charge in [0.15, 0.2) is 0 Å². The van der Waals surface area contributed by atoms with Gasteiger partial charge in [0.05, 0.1) is 0 Å². The molecular formula is C13H11FO2S. The van der Waals surface area contributed by atoms with Crippen molar-refractivity contribution in [3.05, 3.63) is 54.1 Å². The van der Waals surface area contributed by atoms with E-state index in [9.17, 15) is 12.3 Å². The minimum Gasteiger partial charge on any atom is -0.189 e. The summed E-state index contributed by atoms with van der Waals surface area (Å²) >= 11 is 0. The summed E-state index contributed by atoms with van der Waals surface area (Å²) in [5.74, 6) is 0. The first-order valence-corrected chi connectivity index (χ1v) is 6.47. The third-order valence-electron chi connectivity index (χ3n) is 2.48. The third kappa shape index (κ3) is 2.53. The quantitative estimate of drug-likeness (QED) is 0.766. The van der Waals surface area contributed by atoms with Crippen LogP contribution in [0.25, 0.3) is 11.1 Å². The van der Waals surface area contributed by atoms with Crippen molar-refractivity contribution < 1.29 is 12.3 Å². The molecule has 0 bridgehead atoms. The molecule has 0 unspecified atom stereocenters. The van der Waals surface area contributed by atoms with Crippen molar-refractivity contribution in [2.75, 3.05) is 0 Å². The second kappa shape index (κ2) is 4.30. The Morgan fingerprint density at radius 3 is 2.24 bits per heavy atom. The van der Waals surface area contributed by atoms with Crippen LogP contribution in [0.5, 0.6) is 0 Å². The van der Waals surface area contributed by atoms with Crippen LogP contribution in [0, 0.1) is 6.92 Å². The molecule has 0 radical (unpaired) electrons. The van der Waals surface area contributed by atoms with Gasteiger partial charge in [0, 0.05) is 5.56 Å². The number of benzene rings is 2. The van der Waals surface area contributed by atoms with Crippen LogP contribution in [-0.4, -0.2) is 8.42 Å². The summed E-state index contributed by atoms with van der Waals surface area (Å²) in [7, 11) is -4.70. The molecule has 0 atom stereocenters. The molecule has 0 aliphatic heterocycles. The minimum atomic E-state index is -4.70. The van der Waals surface area contributed by atoms with Crippen molar-refractivity contribution in [1.29, 1.82) is 0 Å². The zero-order valence-electron chi connectivity index (χ0n) is 9.22. The first-order valence-electron chi connectivity index (χ1n) is 5.09. The van der Waals surface area contributed by atoms with Gasteiger partial charge in [-0.15, -0.1) is 3.89 Å². The normalized spacial score (nSPS) is 11.4. The Labute approximate surface area is 99.9 Å². The van der Waals surface area contributed by atoms with E-state index in [2.05, 4.69) is 0 Å². The summed E-state index contributed by atoms with van der Waals surface area (Å²) in [4.78, 5) is -0.274. The summed E-state index contributed by atoms with van der Waals surface area (Å²) in [5.41, 5.74) is 1.78. The van der Waals surface area contributed by atoms with Crippen LogP contribution in [0.4, 0.5) is 3.89 Å². The molecule has 2 nitrogen and oxygen atoms in total. The summed E-state index contributed by atoms with van der Waals surface area (Å²) in [5, 5.41) is 0. The van der Waals surface area contributed by atoms with Gasteiger partial charge in [0.1, 0.15) is 4.90 Å². The van der Waals surface area contributed by atoms with E-state index in [0.717, 1.165) is 0 Å². The van der Waals surface area contributed by atoms with Crippen LogP contribution in [0.2, 0.25) is 0 Å². The summed E-state index contributed by atoms with van der Waals surface area (Å²) < 4.78 is 35.4. The van der Waals surface area contributed by atoms with Crippen molar-refractivity contribution in [2.45, 2.75) is 11.8 Å². The minimum absolute atomic E-state index is 0.274. The van der Waals surface area contributed by atoms with E-state index in [-0.39, 0.29) is 4.90 Å². The standard InChI is InChI=1S/C13H11FO2S/c1-10-7-8-12(11-5-3-2-4-6-11)13(9-10)17(14,15)16/h2-9H,1H3. The maximum Gasteiger partial charge on any atom is 0.332 e. The molecule has 2 aromatic rings. The van der Waals surface area contributed by atoms with Gasteiger partial charge in [0.2, 0.25) is 0 Å². The molecule has 2 aromatic carbocycles. The fourth-order valence-electron chi connectivity index (χ4n) is 1.69. The molecule has 0 saturated heterocycles. The predicted molar refractivity (Wildman–Crippen MR) is 64.9 cm³/mol. The number of aryl methyl sites for hydroxylation is 1. The lowest BCUT2D eigenvalue weighted by Gasteiger charge is -2.07. The van der Waals surface area contributed by atoms with Crippen molar-refractivity contribution >= 4 is 10.2 Å². The van der Waals surface area contributed by atoms with Crippen LogP contribution in [0.3, 0.4) is 0 Å². The topological polar surface area (TPSA) is 34.1 Å². The molecule has 88 valence electrons. The highest BCUT2D eigenvalue weighted by Crippen LogP contribution is 2.29. The highest BCUT2D eigenvalue weighted by molar-refractivity contribution is 7.86. The van der Waals surface area contributed by atoms with Gasteiger partial charge in [-0.05, 0) is 24.1 Å². The Morgan fingerprint density at radius 2 is 1.65 bits per heavy atom. The molecule has 0 fully saturated rings. The predicted octanol–water partition coefficient (Wildman–Crippen LogP) is 3.32. The fourth-order valence-corrected chi connectivity index (χ4v) is 2.46. The van der Waals surface area contributed by atoms with Crippen LogP contribution in [0.15, 0.2) is 53.4 Å². The molecule has 0 saturated carbocycles. The smallest absolute Gasteiger partial charge is 0.189 e. The zero-order valence-corrected chi connectivity index (χ0v) is 10.0. The maximum atomic E-state index is 13.2. The molecule has 2 rings (SSSR count). The Hall–Kier alpha value is -1.68. The van der Waals surface area contributed by atoms with E-state index in [4.69, 9.17) is 0 Å². The molecule has 4 heteroatoms. The molecule has 0 aliphatic rings. The van der Waals surface area contributed by atoms with Crippen LogP contribution in [-0.2, 0) is 10.2 Å². The van der Waals surface area contributed by atoms with Gasteiger partial charge in [-0.25, -0.2) is 0 Å². The van der Waals surface area contributed by atoms with Gasteiger partial charge in [-0.2, -0.15) is 8.42 Å². The van der Waals surface area contributed by atoms with Gasteiger partial charge in [-0.1, -0.05) is 42.5 Å². The number of hydrogen-bond donors (Lipinski definition) is 0. The fraction of sp³-hybridized carbons (Fsp3) is 0.0769. The third-order valence-corrected chi connectivity index (χ3v) is 3.35. The molecule has 17 heavy (non-hydrogen) atoms. The average molecular weight is 250 g/mol. The van der Waals surface area contributed by atoms with Gasteiger partial charge in [-0.3, -0.25) is 0 Å². The molecule has 0 amide bonds. The molecule has 0 N–H and O–H groups in total. The summed E-state index contributed by atoms with van der Waals surface area (Å²) in [6, 6.07) is 13.6.